The van der Waals surface area contributed by atoms with Crippen molar-refractivity contribution in [2.24, 2.45) is 0 Å². The van der Waals surface area contributed by atoms with Gasteiger partial charge < -0.3 is 0 Å². The average molecular weight is 314 g/mol. The number of anilines is 1. The lowest BCUT2D eigenvalue weighted by Crippen LogP contribution is -2.11. The third-order valence-electron chi connectivity index (χ3n) is 3.01. The summed E-state index contributed by atoms with van der Waals surface area (Å²) in [5.74, 6) is 0.791. The van der Waals surface area contributed by atoms with Gasteiger partial charge in [-0.05, 0) is 36.1 Å². The highest BCUT2D eigenvalue weighted by molar-refractivity contribution is 7.97. The first-order valence-electron chi connectivity index (χ1n) is 6.51. The van der Waals surface area contributed by atoms with Crippen LogP contribution in [-0.4, -0.2) is 17.1 Å². The van der Waals surface area contributed by atoms with Crippen LogP contribution in [0, 0.1) is 0 Å². The van der Waals surface area contributed by atoms with Gasteiger partial charge in [0, 0.05) is 11.3 Å². The maximum atomic E-state index is 12.3. The quantitative estimate of drug-likeness (QED) is 0.775. The number of carbonyl (C=O) groups is 1. The van der Waals surface area contributed by atoms with Gasteiger partial charge in [0.25, 0.3) is 5.91 Å². The van der Waals surface area contributed by atoms with Crippen LogP contribution in [0.2, 0.25) is 0 Å². The molecule has 3 aromatic rings. The Morgan fingerprint density at radius 2 is 2.10 bits per heavy atom. The molecule has 1 amide bonds. The summed E-state index contributed by atoms with van der Waals surface area (Å²) in [6, 6.07) is 15.6. The lowest BCUT2D eigenvalue weighted by Gasteiger charge is -2.04. The zero-order valence-corrected chi connectivity index (χ0v) is 13.1. The van der Waals surface area contributed by atoms with E-state index >= 15 is 0 Å². The van der Waals surface area contributed by atoms with Gasteiger partial charge in [-0.15, -0.1) is 0 Å². The third kappa shape index (κ3) is 3.25. The van der Waals surface area contributed by atoms with Gasteiger partial charge >= 0.3 is 0 Å². The molecular weight excluding hydrogens is 300 g/mol. The van der Waals surface area contributed by atoms with Crippen LogP contribution in [-0.2, 0) is 5.75 Å². The largest absolute Gasteiger partial charge is 0.298 e. The van der Waals surface area contributed by atoms with E-state index in [0.717, 1.165) is 21.5 Å². The normalized spacial score (nSPS) is 10.7. The Hall–Kier alpha value is -1.85. The summed E-state index contributed by atoms with van der Waals surface area (Å²) in [7, 11) is 0. The highest BCUT2D eigenvalue weighted by atomic mass is 32.2. The van der Waals surface area contributed by atoms with Gasteiger partial charge in [0.1, 0.15) is 0 Å². The molecule has 0 aliphatic heterocycles. The number of nitrogens with zero attached hydrogens (tertiary/aromatic N) is 1. The van der Waals surface area contributed by atoms with Crippen LogP contribution in [0.5, 0.6) is 0 Å². The SMILES string of the molecule is CSCc1cccc(C(=O)Nc2nc3ccccc3s2)c1. The number of carbonyl (C=O) groups excluding carboxylic acids is 1. The Morgan fingerprint density at radius 1 is 1.24 bits per heavy atom. The van der Waals surface area contributed by atoms with E-state index in [-0.39, 0.29) is 5.91 Å². The molecule has 3 nitrogen and oxygen atoms in total. The number of aromatic nitrogens is 1. The molecule has 1 heterocycles. The first-order valence-corrected chi connectivity index (χ1v) is 8.72. The molecular formula is C16H14N2OS2. The van der Waals surface area contributed by atoms with Crippen LogP contribution in [0.1, 0.15) is 15.9 Å². The van der Waals surface area contributed by atoms with Crippen LogP contribution >= 0.6 is 23.1 Å². The molecule has 0 atom stereocenters. The van der Waals surface area contributed by atoms with Crippen molar-refractivity contribution in [1.82, 2.24) is 4.98 Å². The summed E-state index contributed by atoms with van der Waals surface area (Å²) in [6.07, 6.45) is 2.05. The van der Waals surface area contributed by atoms with E-state index in [9.17, 15) is 4.79 Å². The number of amides is 1. The van der Waals surface area contributed by atoms with Gasteiger partial charge in [0.15, 0.2) is 5.13 Å². The smallest absolute Gasteiger partial charge is 0.257 e. The third-order valence-corrected chi connectivity index (χ3v) is 4.59. The Bertz CT molecular complexity index is 750. The molecule has 21 heavy (non-hydrogen) atoms. The lowest BCUT2D eigenvalue weighted by molar-refractivity contribution is 0.102. The maximum Gasteiger partial charge on any atom is 0.257 e. The number of hydrogen-bond donors (Lipinski definition) is 1. The monoisotopic (exact) mass is 314 g/mol. The zero-order valence-electron chi connectivity index (χ0n) is 11.5. The van der Waals surface area contributed by atoms with Crippen LogP contribution in [0.4, 0.5) is 5.13 Å². The fraction of sp³-hybridized carbons (Fsp3) is 0.125. The van der Waals surface area contributed by atoms with E-state index in [1.807, 2.05) is 54.8 Å². The van der Waals surface area contributed by atoms with Crippen molar-refractivity contribution in [2.45, 2.75) is 5.75 Å². The second-order valence-electron chi connectivity index (χ2n) is 4.57. The van der Waals surface area contributed by atoms with Crippen molar-refractivity contribution >= 4 is 44.4 Å². The fourth-order valence-electron chi connectivity index (χ4n) is 2.06. The van der Waals surface area contributed by atoms with E-state index < -0.39 is 0 Å². The van der Waals surface area contributed by atoms with E-state index in [4.69, 9.17) is 0 Å². The number of thioether (sulfide) groups is 1. The Labute approximate surface area is 131 Å². The number of rotatable bonds is 4. The predicted molar refractivity (Wildman–Crippen MR) is 91.2 cm³/mol. The maximum absolute atomic E-state index is 12.3. The Morgan fingerprint density at radius 3 is 2.90 bits per heavy atom. The van der Waals surface area contributed by atoms with Gasteiger partial charge in [-0.2, -0.15) is 11.8 Å². The van der Waals surface area contributed by atoms with Gasteiger partial charge in [-0.1, -0.05) is 35.6 Å². The van der Waals surface area contributed by atoms with E-state index in [1.54, 1.807) is 11.8 Å². The van der Waals surface area contributed by atoms with Crippen molar-refractivity contribution in [3.05, 3.63) is 59.7 Å². The minimum Gasteiger partial charge on any atom is -0.298 e. The first kappa shape index (κ1) is 14.1. The van der Waals surface area contributed by atoms with Crippen LogP contribution < -0.4 is 5.32 Å². The molecule has 0 saturated heterocycles. The van der Waals surface area contributed by atoms with Crippen molar-refractivity contribution in [3.63, 3.8) is 0 Å². The molecule has 1 aromatic heterocycles. The summed E-state index contributed by atoms with van der Waals surface area (Å²) < 4.78 is 1.07. The number of para-hydroxylation sites is 1. The molecule has 0 bridgehead atoms. The molecule has 5 heteroatoms. The molecule has 0 aliphatic carbocycles. The average Bonchev–Trinajstić information content (AvgIpc) is 2.90. The van der Waals surface area contributed by atoms with Crippen LogP contribution in [0.15, 0.2) is 48.5 Å². The molecule has 0 unspecified atom stereocenters. The highest BCUT2D eigenvalue weighted by Crippen LogP contribution is 2.25. The number of thiazole rings is 1. The summed E-state index contributed by atoms with van der Waals surface area (Å²) in [6.45, 7) is 0. The summed E-state index contributed by atoms with van der Waals surface area (Å²) in [5, 5.41) is 3.51. The molecule has 2 aromatic carbocycles. The topological polar surface area (TPSA) is 42.0 Å². The molecule has 0 spiro atoms. The summed E-state index contributed by atoms with van der Waals surface area (Å²) >= 11 is 3.23. The number of benzene rings is 2. The van der Waals surface area contributed by atoms with Gasteiger partial charge in [-0.25, -0.2) is 4.98 Å². The highest BCUT2D eigenvalue weighted by Gasteiger charge is 2.10. The number of nitrogens with one attached hydrogen (secondary N) is 1. The second-order valence-corrected chi connectivity index (χ2v) is 6.47. The van der Waals surface area contributed by atoms with Gasteiger partial charge in [-0.3, -0.25) is 10.1 Å². The van der Waals surface area contributed by atoms with Gasteiger partial charge in [0.05, 0.1) is 10.2 Å². The Balaban J connectivity index is 1.80. The standard InChI is InChI=1S/C16H14N2OS2/c1-20-10-11-5-4-6-12(9-11)15(19)18-16-17-13-7-2-3-8-14(13)21-16/h2-9H,10H2,1H3,(H,17,18,19). The molecule has 106 valence electrons. The first-order chi connectivity index (χ1) is 10.3. The predicted octanol–water partition coefficient (Wildman–Crippen LogP) is 4.41. The molecule has 0 radical (unpaired) electrons. The molecule has 0 aliphatic rings. The van der Waals surface area contributed by atoms with E-state index in [2.05, 4.69) is 10.3 Å². The second kappa shape index (κ2) is 6.28. The summed E-state index contributed by atoms with van der Waals surface area (Å²) in [4.78, 5) is 16.7. The molecule has 0 saturated carbocycles. The van der Waals surface area contributed by atoms with Crippen LogP contribution in [0.3, 0.4) is 0 Å². The van der Waals surface area contributed by atoms with Crippen molar-refractivity contribution in [1.29, 1.82) is 0 Å². The number of hydrogen-bond acceptors (Lipinski definition) is 4. The minimum absolute atomic E-state index is 0.114. The van der Waals surface area contributed by atoms with Gasteiger partial charge in [0.2, 0.25) is 0 Å². The summed E-state index contributed by atoms with van der Waals surface area (Å²) in [5.41, 5.74) is 2.73. The molecule has 3 rings (SSSR count). The minimum atomic E-state index is -0.114. The zero-order chi connectivity index (χ0) is 14.7. The lowest BCUT2D eigenvalue weighted by atomic mass is 10.1. The van der Waals surface area contributed by atoms with E-state index in [0.29, 0.717) is 10.7 Å². The fourth-order valence-corrected chi connectivity index (χ4v) is 3.44. The van der Waals surface area contributed by atoms with Crippen molar-refractivity contribution < 1.29 is 4.79 Å². The van der Waals surface area contributed by atoms with Crippen LogP contribution in [0.25, 0.3) is 10.2 Å². The molecule has 1 N–H and O–H groups in total. The Kier molecular flexibility index (Phi) is 4.22. The molecule has 0 fully saturated rings. The number of fused-ring (bicyclic) bond motifs is 1. The van der Waals surface area contributed by atoms with E-state index in [1.165, 1.54) is 11.3 Å². The van der Waals surface area contributed by atoms with Crippen molar-refractivity contribution in [2.75, 3.05) is 11.6 Å². The van der Waals surface area contributed by atoms with Crippen molar-refractivity contribution in [3.8, 4) is 0 Å².